The second-order valence-electron chi connectivity index (χ2n) is 7.14. The average Bonchev–Trinajstić information content (AvgIpc) is 2.98. The molecule has 1 fully saturated rings. The maximum atomic E-state index is 13.0. The summed E-state index contributed by atoms with van der Waals surface area (Å²) >= 11 is 1.57. The summed E-state index contributed by atoms with van der Waals surface area (Å²) in [6.07, 6.45) is 8.12. The molecule has 0 saturated heterocycles. The van der Waals surface area contributed by atoms with Crippen LogP contribution in [0.1, 0.15) is 59.5 Å². The lowest BCUT2D eigenvalue weighted by Gasteiger charge is -2.27. The highest BCUT2D eigenvalue weighted by molar-refractivity contribution is 7.98. The van der Waals surface area contributed by atoms with Crippen molar-refractivity contribution < 1.29 is 9.32 Å². The van der Waals surface area contributed by atoms with E-state index in [4.69, 9.17) is 4.52 Å². The van der Waals surface area contributed by atoms with Crippen molar-refractivity contribution in [3.8, 4) is 0 Å². The minimum Gasteiger partial charge on any atom is -0.361 e. The first kappa shape index (κ1) is 19.0. The molecule has 5 nitrogen and oxygen atoms in total. The zero-order valence-electron chi connectivity index (χ0n) is 15.8. The van der Waals surface area contributed by atoms with Gasteiger partial charge in [0.2, 0.25) is 0 Å². The van der Waals surface area contributed by atoms with Crippen LogP contribution in [0.3, 0.4) is 0 Å². The van der Waals surface area contributed by atoms with Crippen LogP contribution in [0.5, 0.6) is 0 Å². The van der Waals surface area contributed by atoms with Crippen molar-refractivity contribution in [3.63, 3.8) is 0 Å². The third-order valence-corrected chi connectivity index (χ3v) is 6.17. The highest BCUT2D eigenvalue weighted by Gasteiger charge is 2.22. The molecule has 0 N–H and O–H groups in total. The summed E-state index contributed by atoms with van der Waals surface area (Å²) in [5, 5.41) is 4.77. The molecule has 2 heterocycles. The second kappa shape index (κ2) is 8.71. The van der Waals surface area contributed by atoms with Crippen molar-refractivity contribution in [2.24, 2.45) is 5.92 Å². The Morgan fingerprint density at radius 2 is 2.08 bits per heavy atom. The topological polar surface area (TPSA) is 59.2 Å². The third kappa shape index (κ3) is 4.47. The Morgan fingerprint density at radius 3 is 2.77 bits per heavy atom. The molecule has 0 atom stereocenters. The molecule has 0 radical (unpaired) electrons. The summed E-state index contributed by atoms with van der Waals surface area (Å²) in [7, 11) is 1.91. The highest BCUT2D eigenvalue weighted by Crippen LogP contribution is 2.29. The molecule has 0 aromatic carbocycles. The number of carbonyl (C=O) groups is 1. The average molecular weight is 374 g/mol. The number of aryl methyl sites for hydroxylation is 2. The predicted molar refractivity (Wildman–Crippen MR) is 103 cm³/mol. The van der Waals surface area contributed by atoms with Crippen LogP contribution in [0, 0.1) is 19.8 Å². The molecule has 1 aliphatic carbocycles. The van der Waals surface area contributed by atoms with Gasteiger partial charge in [-0.2, -0.15) is 0 Å². The van der Waals surface area contributed by atoms with Gasteiger partial charge >= 0.3 is 0 Å². The number of carbonyl (C=O) groups excluding carboxylic acids is 1. The van der Waals surface area contributed by atoms with Gasteiger partial charge in [-0.3, -0.25) is 4.79 Å². The maximum absolute atomic E-state index is 13.0. The van der Waals surface area contributed by atoms with Gasteiger partial charge in [0.1, 0.15) is 10.8 Å². The molecule has 1 aliphatic rings. The summed E-state index contributed by atoms with van der Waals surface area (Å²) in [6, 6.07) is 3.71. The normalized spacial score (nSPS) is 15.2. The minimum absolute atomic E-state index is 0.0601. The summed E-state index contributed by atoms with van der Waals surface area (Å²) in [6.45, 7) is 4.69. The Hall–Kier alpha value is -1.82. The quantitative estimate of drug-likeness (QED) is 0.691. The zero-order valence-corrected chi connectivity index (χ0v) is 16.6. The Bertz CT molecular complexity index is 734. The van der Waals surface area contributed by atoms with Crippen LogP contribution >= 0.6 is 11.8 Å². The first-order valence-corrected chi connectivity index (χ1v) is 10.3. The van der Waals surface area contributed by atoms with E-state index in [1.54, 1.807) is 18.0 Å². The van der Waals surface area contributed by atoms with E-state index in [1.165, 1.54) is 32.1 Å². The number of rotatable bonds is 6. The van der Waals surface area contributed by atoms with Gasteiger partial charge in [-0.25, -0.2) is 4.98 Å². The molecular weight excluding hydrogens is 346 g/mol. The number of amides is 1. The van der Waals surface area contributed by atoms with Crippen molar-refractivity contribution in [2.75, 3.05) is 13.6 Å². The molecule has 6 heteroatoms. The van der Waals surface area contributed by atoms with E-state index >= 15 is 0 Å². The first-order valence-electron chi connectivity index (χ1n) is 9.31. The summed E-state index contributed by atoms with van der Waals surface area (Å²) in [4.78, 5) is 19.3. The number of hydrogen-bond donors (Lipinski definition) is 0. The van der Waals surface area contributed by atoms with E-state index in [0.29, 0.717) is 17.2 Å². The van der Waals surface area contributed by atoms with Crippen molar-refractivity contribution in [3.05, 3.63) is 40.9 Å². The molecule has 0 unspecified atom stereocenters. The molecule has 140 valence electrons. The highest BCUT2D eigenvalue weighted by atomic mass is 32.2. The van der Waals surface area contributed by atoms with Crippen LogP contribution in [0.4, 0.5) is 0 Å². The molecule has 26 heavy (non-hydrogen) atoms. The molecule has 1 saturated carbocycles. The van der Waals surface area contributed by atoms with Crippen molar-refractivity contribution in [2.45, 2.75) is 56.7 Å². The van der Waals surface area contributed by atoms with Gasteiger partial charge < -0.3 is 9.42 Å². The number of aromatic nitrogens is 2. The largest absolute Gasteiger partial charge is 0.361 e. The van der Waals surface area contributed by atoms with Gasteiger partial charge in [0.05, 0.1) is 11.3 Å². The monoisotopic (exact) mass is 373 g/mol. The van der Waals surface area contributed by atoms with Gasteiger partial charge in [-0.05, 0) is 44.7 Å². The van der Waals surface area contributed by atoms with E-state index in [-0.39, 0.29) is 5.91 Å². The van der Waals surface area contributed by atoms with Crippen molar-refractivity contribution >= 4 is 17.7 Å². The molecule has 3 rings (SSSR count). The molecule has 0 aliphatic heterocycles. The van der Waals surface area contributed by atoms with Gasteiger partial charge in [0.15, 0.2) is 0 Å². The van der Waals surface area contributed by atoms with Crippen LogP contribution in [0.2, 0.25) is 0 Å². The van der Waals surface area contributed by atoms with Gasteiger partial charge in [0, 0.05) is 31.1 Å². The lowest BCUT2D eigenvalue weighted by Crippen LogP contribution is -2.33. The van der Waals surface area contributed by atoms with Crippen molar-refractivity contribution in [1.29, 1.82) is 0 Å². The Morgan fingerprint density at radius 1 is 1.31 bits per heavy atom. The van der Waals surface area contributed by atoms with E-state index in [2.05, 4.69) is 10.1 Å². The summed E-state index contributed by atoms with van der Waals surface area (Å²) < 4.78 is 5.23. The van der Waals surface area contributed by atoms with Crippen LogP contribution < -0.4 is 0 Å². The number of nitrogens with zero attached hydrogens (tertiary/aromatic N) is 3. The third-order valence-electron chi connectivity index (χ3n) is 5.14. The van der Waals surface area contributed by atoms with Crippen molar-refractivity contribution in [1.82, 2.24) is 15.0 Å². The zero-order chi connectivity index (χ0) is 18.5. The van der Waals surface area contributed by atoms with Crippen LogP contribution in [-0.4, -0.2) is 34.5 Å². The lowest BCUT2D eigenvalue weighted by atomic mass is 9.89. The maximum Gasteiger partial charge on any atom is 0.256 e. The van der Waals surface area contributed by atoms with Gasteiger partial charge in [0.25, 0.3) is 5.91 Å². The fourth-order valence-electron chi connectivity index (χ4n) is 3.56. The van der Waals surface area contributed by atoms with E-state index < -0.39 is 0 Å². The van der Waals surface area contributed by atoms with Gasteiger partial charge in [-0.1, -0.05) is 24.4 Å². The summed E-state index contributed by atoms with van der Waals surface area (Å²) in [5.74, 6) is 2.22. The second-order valence-corrected chi connectivity index (χ2v) is 8.10. The molecular formula is C20H27N3O2S. The van der Waals surface area contributed by atoms with E-state index in [9.17, 15) is 4.79 Å². The number of pyridine rings is 1. The smallest absolute Gasteiger partial charge is 0.256 e. The Labute approximate surface area is 159 Å². The Kier molecular flexibility index (Phi) is 6.35. The van der Waals surface area contributed by atoms with E-state index in [1.807, 2.05) is 37.9 Å². The predicted octanol–water partition coefficient (Wildman–Crippen LogP) is 4.63. The Balaban J connectivity index is 1.68. The summed E-state index contributed by atoms with van der Waals surface area (Å²) in [5.41, 5.74) is 2.66. The molecule has 1 amide bonds. The van der Waals surface area contributed by atoms with Gasteiger partial charge in [-0.15, -0.1) is 11.8 Å². The first-order chi connectivity index (χ1) is 12.6. The number of thioether (sulfide) groups is 1. The van der Waals surface area contributed by atoms with E-state index in [0.717, 1.165) is 28.6 Å². The SMILES string of the molecule is Cc1noc(C)c1CSc1ncccc1C(=O)N(C)CC1CCCCC1. The van der Waals surface area contributed by atoms with Crippen LogP contribution in [-0.2, 0) is 5.75 Å². The minimum atomic E-state index is 0.0601. The fraction of sp³-hybridized carbons (Fsp3) is 0.550. The van der Waals surface area contributed by atoms with Crippen LogP contribution in [0.25, 0.3) is 0 Å². The molecule has 0 spiro atoms. The molecule has 2 aromatic rings. The standard InChI is InChI=1S/C20H27N3O2S/c1-14-18(15(2)25-22-14)13-26-19-17(10-7-11-21-19)20(24)23(3)12-16-8-5-4-6-9-16/h7,10-11,16H,4-6,8-9,12-13H2,1-3H3. The molecule has 2 aromatic heterocycles. The lowest BCUT2D eigenvalue weighted by molar-refractivity contribution is 0.0756. The molecule has 0 bridgehead atoms. The van der Waals surface area contributed by atoms with Crippen LogP contribution in [0.15, 0.2) is 27.9 Å². The number of hydrogen-bond acceptors (Lipinski definition) is 5. The fourth-order valence-corrected chi connectivity index (χ4v) is 4.70.